The quantitative estimate of drug-likeness (QED) is 0.604. The maximum absolute atomic E-state index is 12.7. The van der Waals surface area contributed by atoms with Crippen LogP contribution in [0, 0.1) is 0 Å². The van der Waals surface area contributed by atoms with Crippen LogP contribution in [0.25, 0.3) is 10.2 Å². The second kappa shape index (κ2) is 7.92. The average Bonchev–Trinajstić information content (AvgIpc) is 3.02. The summed E-state index contributed by atoms with van der Waals surface area (Å²) in [5.41, 5.74) is 1.15. The molecule has 0 radical (unpaired) electrons. The Morgan fingerprint density at radius 2 is 2.00 bits per heavy atom. The van der Waals surface area contributed by atoms with Crippen molar-refractivity contribution in [1.29, 1.82) is 0 Å². The van der Waals surface area contributed by atoms with E-state index in [1.165, 1.54) is 18.4 Å². The Balaban J connectivity index is 1.90. The molecular formula is C18H17BrN2O4S. The minimum Gasteiger partial charge on any atom is -0.497 e. The molecule has 26 heavy (non-hydrogen) atoms. The van der Waals surface area contributed by atoms with Crippen molar-refractivity contribution in [2.45, 2.75) is 6.92 Å². The first-order valence-corrected chi connectivity index (χ1v) is 9.43. The summed E-state index contributed by atoms with van der Waals surface area (Å²) in [5, 5.41) is 3.32. The minimum atomic E-state index is -0.328. The molecule has 1 heterocycles. The van der Waals surface area contributed by atoms with Crippen LogP contribution in [-0.4, -0.2) is 31.7 Å². The van der Waals surface area contributed by atoms with Crippen LogP contribution in [0.1, 0.15) is 17.3 Å². The molecule has 3 aromatic rings. The van der Waals surface area contributed by atoms with Crippen molar-refractivity contribution in [1.82, 2.24) is 4.98 Å². The third-order valence-electron chi connectivity index (χ3n) is 3.59. The number of ether oxygens (including phenoxy) is 3. The number of halogens is 1. The monoisotopic (exact) mass is 436 g/mol. The van der Waals surface area contributed by atoms with Crippen LogP contribution in [0.5, 0.6) is 17.2 Å². The predicted molar refractivity (Wildman–Crippen MR) is 106 cm³/mol. The number of rotatable bonds is 6. The Bertz CT molecular complexity index is 958. The van der Waals surface area contributed by atoms with Crippen molar-refractivity contribution < 1.29 is 19.0 Å². The maximum Gasteiger partial charge on any atom is 0.261 e. The van der Waals surface area contributed by atoms with E-state index in [1.54, 1.807) is 19.2 Å². The summed E-state index contributed by atoms with van der Waals surface area (Å²) in [6, 6.07) is 9.01. The fraction of sp³-hybridized carbons (Fsp3) is 0.222. The summed E-state index contributed by atoms with van der Waals surface area (Å²) in [7, 11) is 3.05. The molecule has 0 fully saturated rings. The van der Waals surface area contributed by atoms with Gasteiger partial charge in [-0.05, 0) is 53.2 Å². The highest BCUT2D eigenvalue weighted by Crippen LogP contribution is 2.35. The van der Waals surface area contributed by atoms with E-state index >= 15 is 0 Å². The number of methoxy groups -OCH3 is 2. The van der Waals surface area contributed by atoms with Gasteiger partial charge in [0.25, 0.3) is 5.91 Å². The molecule has 0 saturated heterocycles. The summed E-state index contributed by atoms with van der Waals surface area (Å²) in [5.74, 6) is 1.43. The SMILES string of the molecule is CCOc1ccc2nc(NC(=O)c3cc(OC)cc(Br)c3OC)sc2c1. The van der Waals surface area contributed by atoms with Crippen LogP contribution in [0.4, 0.5) is 5.13 Å². The smallest absolute Gasteiger partial charge is 0.261 e. The minimum absolute atomic E-state index is 0.328. The van der Waals surface area contributed by atoms with Gasteiger partial charge in [-0.2, -0.15) is 0 Å². The number of hydrogen-bond donors (Lipinski definition) is 1. The summed E-state index contributed by atoms with van der Waals surface area (Å²) >= 11 is 4.77. The topological polar surface area (TPSA) is 69.7 Å². The van der Waals surface area contributed by atoms with E-state index in [-0.39, 0.29) is 5.91 Å². The van der Waals surface area contributed by atoms with E-state index in [0.29, 0.717) is 33.3 Å². The molecule has 0 aliphatic carbocycles. The molecule has 0 spiro atoms. The van der Waals surface area contributed by atoms with E-state index in [9.17, 15) is 4.79 Å². The van der Waals surface area contributed by atoms with Gasteiger partial charge in [0.1, 0.15) is 17.2 Å². The zero-order valence-corrected chi connectivity index (χ0v) is 16.9. The summed E-state index contributed by atoms with van der Waals surface area (Å²) in [6.45, 7) is 2.53. The zero-order valence-electron chi connectivity index (χ0n) is 14.5. The van der Waals surface area contributed by atoms with Crippen LogP contribution < -0.4 is 19.5 Å². The molecule has 1 aromatic heterocycles. The van der Waals surface area contributed by atoms with Gasteiger partial charge in [0.2, 0.25) is 0 Å². The van der Waals surface area contributed by atoms with Crippen LogP contribution in [0.2, 0.25) is 0 Å². The zero-order chi connectivity index (χ0) is 18.7. The Hall–Kier alpha value is -2.32. The van der Waals surface area contributed by atoms with Crippen molar-refractivity contribution >= 4 is 48.5 Å². The predicted octanol–water partition coefficient (Wildman–Crippen LogP) is 4.73. The van der Waals surface area contributed by atoms with E-state index in [1.807, 2.05) is 25.1 Å². The van der Waals surface area contributed by atoms with Crippen molar-refractivity contribution in [2.24, 2.45) is 0 Å². The Morgan fingerprint density at radius 1 is 1.19 bits per heavy atom. The van der Waals surface area contributed by atoms with Crippen LogP contribution >= 0.6 is 27.3 Å². The third-order valence-corrected chi connectivity index (χ3v) is 5.12. The van der Waals surface area contributed by atoms with Crippen molar-refractivity contribution in [3.63, 3.8) is 0 Å². The van der Waals surface area contributed by atoms with Crippen molar-refractivity contribution in [3.8, 4) is 17.2 Å². The van der Waals surface area contributed by atoms with Crippen LogP contribution in [0.15, 0.2) is 34.8 Å². The second-order valence-corrected chi connectivity index (χ2v) is 7.11. The van der Waals surface area contributed by atoms with Gasteiger partial charge < -0.3 is 14.2 Å². The van der Waals surface area contributed by atoms with Gasteiger partial charge in [-0.25, -0.2) is 4.98 Å². The van der Waals surface area contributed by atoms with Gasteiger partial charge in [-0.1, -0.05) is 11.3 Å². The lowest BCUT2D eigenvalue weighted by Gasteiger charge is -2.12. The van der Waals surface area contributed by atoms with E-state index < -0.39 is 0 Å². The van der Waals surface area contributed by atoms with Gasteiger partial charge in [0.05, 0.1) is 41.1 Å². The number of fused-ring (bicyclic) bond motifs is 1. The number of carbonyl (C=O) groups excluding carboxylic acids is 1. The second-order valence-electron chi connectivity index (χ2n) is 5.23. The molecule has 0 bridgehead atoms. The van der Waals surface area contributed by atoms with Gasteiger partial charge in [-0.3, -0.25) is 10.1 Å². The largest absolute Gasteiger partial charge is 0.497 e. The fourth-order valence-corrected chi connectivity index (χ4v) is 3.93. The van der Waals surface area contributed by atoms with Crippen molar-refractivity contribution in [3.05, 3.63) is 40.4 Å². The van der Waals surface area contributed by atoms with Gasteiger partial charge in [0, 0.05) is 0 Å². The lowest BCUT2D eigenvalue weighted by atomic mass is 10.1. The van der Waals surface area contributed by atoms with Gasteiger partial charge >= 0.3 is 0 Å². The number of amides is 1. The molecule has 8 heteroatoms. The molecular weight excluding hydrogens is 420 g/mol. The van der Waals surface area contributed by atoms with E-state index in [2.05, 4.69) is 26.2 Å². The molecule has 2 aromatic carbocycles. The van der Waals surface area contributed by atoms with E-state index in [0.717, 1.165) is 16.0 Å². The van der Waals surface area contributed by atoms with E-state index in [4.69, 9.17) is 14.2 Å². The summed E-state index contributed by atoms with van der Waals surface area (Å²) in [4.78, 5) is 17.2. The molecule has 0 saturated carbocycles. The number of nitrogens with one attached hydrogen (secondary N) is 1. The highest BCUT2D eigenvalue weighted by molar-refractivity contribution is 9.10. The normalized spacial score (nSPS) is 10.6. The summed E-state index contributed by atoms with van der Waals surface area (Å²) < 4.78 is 17.6. The van der Waals surface area contributed by atoms with Crippen molar-refractivity contribution in [2.75, 3.05) is 26.1 Å². The molecule has 6 nitrogen and oxygen atoms in total. The fourth-order valence-electron chi connectivity index (χ4n) is 2.44. The highest BCUT2D eigenvalue weighted by Gasteiger charge is 2.19. The molecule has 136 valence electrons. The Morgan fingerprint density at radius 3 is 2.69 bits per heavy atom. The number of benzene rings is 2. The lowest BCUT2D eigenvalue weighted by Crippen LogP contribution is -2.13. The molecule has 0 atom stereocenters. The average molecular weight is 437 g/mol. The number of hydrogen-bond acceptors (Lipinski definition) is 6. The molecule has 0 aliphatic rings. The number of anilines is 1. The molecule has 0 aliphatic heterocycles. The number of thiazole rings is 1. The van der Waals surface area contributed by atoms with Gasteiger partial charge in [0.15, 0.2) is 5.13 Å². The Kier molecular flexibility index (Phi) is 5.63. The molecule has 0 unspecified atom stereocenters. The first kappa shape index (κ1) is 18.5. The highest BCUT2D eigenvalue weighted by atomic mass is 79.9. The van der Waals surface area contributed by atoms with Crippen LogP contribution in [-0.2, 0) is 0 Å². The first-order chi connectivity index (χ1) is 12.5. The standard InChI is InChI=1S/C18H17BrN2O4S/c1-4-25-10-5-6-14-15(9-10)26-18(20-14)21-17(22)12-7-11(23-2)8-13(19)16(12)24-3/h5-9H,4H2,1-3H3,(H,20,21,22). The summed E-state index contributed by atoms with van der Waals surface area (Å²) in [6.07, 6.45) is 0. The number of carbonyl (C=O) groups is 1. The Labute approximate surface area is 163 Å². The molecule has 1 amide bonds. The maximum atomic E-state index is 12.7. The third kappa shape index (κ3) is 3.76. The first-order valence-electron chi connectivity index (χ1n) is 7.82. The lowest BCUT2D eigenvalue weighted by molar-refractivity contribution is 0.102. The number of nitrogens with zero attached hydrogens (tertiary/aromatic N) is 1. The van der Waals surface area contributed by atoms with Crippen LogP contribution in [0.3, 0.4) is 0 Å². The molecule has 3 rings (SSSR count). The number of aromatic nitrogens is 1. The molecule has 1 N–H and O–H groups in total. The van der Waals surface area contributed by atoms with Gasteiger partial charge in [-0.15, -0.1) is 0 Å².